The molecule has 9 heteroatoms. The highest BCUT2D eigenvalue weighted by Gasteiger charge is 2.20. The maximum Gasteiger partial charge on any atom is 0.412 e. The van der Waals surface area contributed by atoms with Gasteiger partial charge in [0.15, 0.2) is 0 Å². The minimum Gasteiger partial charge on any atom is -0.491 e. The van der Waals surface area contributed by atoms with Crippen LogP contribution in [0, 0.1) is 0 Å². The second kappa shape index (κ2) is 15.3. The van der Waals surface area contributed by atoms with Crippen LogP contribution in [-0.2, 0) is 9.53 Å². The van der Waals surface area contributed by atoms with Gasteiger partial charge in [-0.25, -0.2) is 4.79 Å². The summed E-state index contributed by atoms with van der Waals surface area (Å²) in [5.41, 5.74) is 8.25. The number of unbranched alkanes of at least 4 members (excludes halogenated alkanes) is 1. The Morgan fingerprint density at radius 3 is 2.50 bits per heavy atom. The fourth-order valence-electron chi connectivity index (χ4n) is 3.66. The van der Waals surface area contributed by atoms with Crippen molar-refractivity contribution in [3.05, 3.63) is 90.5 Å². The van der Waals surface area contributed by atoms with E-state index in [-0.39, 0.29) is 19.1 Å². The first kappa shape index (κ1) is 28.6. The number of nitrogens with one attached hydrogen (secondary N) is 2. The number of para-hydroxylation sites is 3. The van der Waals surface area contributed by atoms with Gasteiger partial charge >= 0.3 is 6.09 Å². The predicted molar refractivity (Wildman–Crippen MR) is 153 cm³/mol. The van der Waals surface area contributed by atoms with Crippen LogP contribution < -0.4 is 21.1 Å². The summed E-state index contributed by atoms with van der Waals surface area (Å²) < 4.78 is 11.5. The molecule has 8 nitrogen and oxygen atoms in total. The molecule has 0 aliphatic heterocycles. The minimum atomic E-state index is -0.596. The largest absolute Gasteiger partial charge is 0.491 e. The molecule has 0 fully saturated rings. The van der Waals surface area contributed by atoms with Crippen LogP contribution in [0.1, 0.15) is 30.9 Å². The molecule has 0 spiro atoms. The maximum atomic E-state index is 12.8. The standard InChI is InChI=1S/C29H33N3O5S/c1-38-22-17-15-21(16-18-22)31-29(35)37-27(23-9-5-8-12-26(23)36-20-19-33)13-3-2-4-14-28(34)32-25-11-7-6-10-24(25)30/h4-12,14-18,27,33H,2-3,13,19-20,30H2,1H3,(H,31,35)(H,32,34)/b14-4+/t27-/m1/s1. The Hall–Kier alpha value is -3.95. The summed E-state index contributed by atoms with van der Waals surface area (Å²) in [6.07, 6.45) is 5.77. The van der Waals surface area contributed by atoms with E-state index in [0.29, 0.717) is 47.6 Å². The third-order valence-electron chi connectivity index (χ3n) is 5.53. The smallest absolute Gasteiger partial charge is 0.412 e. The van der Waals surface area contributed by atoms with Crippen LogP contribution in [0.2, 0.25) is 0 Å². The lowest BCUT2D eigenvalue weighted by Crippen LogP contribution is -2.18. The molecule has 200 valence electrons. The highest BCUT2D eigenvalue weighted by atomic mass is 32.2. The van der Waals surface area contributed by atoms with Gasteiger partial charge in [0.05, 0.1) is 18.0 Å². The zero-order chi connectivity index (χ0) is 27.2. The first-order chi connectivity index (χ1) is 18.5. The Labute approximate surface area is 227 Å². The Bertz CT molecular complexity index is 1220. The number of anilines is 3. The number of allylic oxidation sites excluding steroid dienone is 1. The van der Waals surface area contributed by atoms with E-state index in [4.69, 9.17) is 15.2 Å². The van der Waals surface area contributed by atoms with Gasteiger partial charge in [-0.1, -0.05) is 36.4 Å². The van der Waals surface area contributed by atoms with Crippen LogP contribution in [0.3, 0.4) is 0 Å². The van der Waals surface area contributed by atoms with E-state index in [1.54, 1.807) is 48.2 Å². The number of aliphatic hydroxyl groups is 1. The van der Waals surface area contributed by atoms with Crippen molar-refractivity contribution in [1.82, 2.24) is 0 Å². The van der Waals surface area contributed by atoms with Gasteiger partial charge in [-0.3, -0.25) is 10.1 Å². The van der Waals surface area contributed by atoms with Gasteiger partial charge < -0.3 is 25.6 Å². The van der Waals surface area contributed by atoms with Gasteiger partial charge in [0.25, 0.3) is 0 Å². The molecule has 3 aromatic carbocycles. The fraction of sp³-hybridized carbons (Fsp3) is 0.241. The molecule has 0 aliphatic carbocycles. The number of thioether (sulfide) groups is 1. The Kier molecular flexibility index (Phi) is 11.5. The van der Waals surface area contributed by atoms with Crippen molar-refractivity contribution in [2.75, 3.05) is 35.8 Å². The number of rotatable bonds is 13. The van der Waals surface area contributed by atoms with Crippen molar-refractivity contribution in [3.63, 3.8) is 0 Å². The number of ether oxygens (including phenoxy) is 2. The number of benzene rings is 3. The number of hydrogen-bond acceptors (Lipinski definition) is 7. The molecule has 3 aromatic rings. The van der Waals surface area contributed by atoms with Crippen LogP contribution in [-0.4, -0.2) is 36.6 Å². The summed E-state index contributed by atoms with van der Waals surface area (Å²) >= 11 is 1.62. The Morgan fingerprint density at radius 2 is 1.76 bits per heavy atom. The van der Waals surface area contributed by atoms with E-state index in [0.717, 1.165) is 4.90 Å². The van der Waals surface area contributed by atoms with E-state index in [9.17, 15) is 14.7 Å². The van der Waals surface area contributed by atoms with Crippen molar-refractivity contribution < 1.29 is 24.2 Å². The van der Waals surface area contributed by atoms with Crippen LogP contribution in [0.5, 0.6) is 5.75 Å². The first-order valence-electron chi connectivity index (χ1n) is 12.3. The molecule has 5 N–H and O–H groups in total. The number of carbonyl (C=O) groups excluding carboxylic acids is 2. The third kappa shape index (κ3) is 9.17. The Morgan fingerprint density at radius 1 is 1.03 bits per heavy atom. The molecular formula is C29H33N3O5S. The van der Waals surface area contributed by atoms with E-state index in [1.165, 1.54) is 6.08 Å². The van der Waals surface area contributed by atoms with Crippen molar-refractivity contribution in [3.8, 4) is 5.75 Å². The summed E-state index contributed by atoms with van der Waals surface area (Å²) in [4.78, 5) is 26.1. The van der Waals surface area contributed by atoms with Crippen molar-refractivity contribution in [1.29, 1.82) is 0 Å². The molecule has 2 amide bonds. The monoisotopic (exact) mass is 535 g/mol. The lowest BCUT2D eigenvalue weighted by molar-refractivity contribution is -0.111. The van der Waals surface area contributed by atoms with Crippen molar-refractivity contribution in [2.45, 2.75) is 30.3 Å². The third-order valence-corrected chi connectivity index (χ3v) is 6.27. The minimum absolute atomic E-state index is 0.126. The second-order valence-corrected chi connectivity index (χ2v) is 9.15. The lowest BCUT2D eigenvalue weighted by atomic mass is 10.0. The topological polar surface area (TPSA) is 123 Å². The van der Waals surface area contributed by atoms with Crippen LogP contribution in [0.15, 0.2) is 89.8 Å². The normalized spacial score (nSPS) is 11.6. The van der Waals surface area contributed by atoms with Crippen LogP contribution >= 0.6 is 11.8 Å². The molecule has 0 radical (unpaired) electrons. The molecule has 3 rings (SSSR count). The summed E-state index contributed by atoms with van der Waals surface area (Å²) in [6.45, 7) is -0.00459. The number of nitrogen functional groups attached to an aromatic ring is 1. The molecule has 0 aliphatic rings. The van der Waals surface area contributed by atoms with Crippen molar-refractivity contribution >= 4 is 40.8 Å². The van der Waals surface area contributed by atoms with Gasteiger partial charge in [-0.15, -0.1) is 11.8 Å². The average Bonchev–Trinajstić information content (AvgIpc) is 2.93. The van der Waals surface area contributed by atoms with Crippen LogP contribution in [0.25, 0.3) is 0 Å². The molecule has 0 bridgehead atoms. The fourth-order valence-corrected chi connectivity index (χ4v) is 4.07. The number of nitrogens with two attached hydrogens (primary N) is 1. The zero-order valence-electron chi connectivity index (χ0n) is 21.3. The molecule has 0 saturated carbocycles. The molecule has 0 aromatic heterocycles. The second-order valence-electron chi connectivity index (χ2n) is 8.27. The first-order valence-corrected chi connectivity index (χ1v) is 13.5. The summed E-state index contributed by atoms with van der Waals surface area (Å²) in [5, 5.41) is 14.7. The quantitative estimate of drug-likeness (QED) is 0.0914. The van der Waals surface area contributed by atoms with Gasteiger partial charge in [0.2, 0.25) is 5.91 Å². The van der Waals surface area contributed by atoms with E-state index >= 15 is 0 Å². The molecule has 0 heterocycles. The predicted octanol–water partition coefficient (Wildman–Crippen LogP) is 6.02. The zero-order valence-corrected chi connectivity index (χ0v) is 22.1. The number of aliphatic hydroxyl groups excluding tert-OH is 1. The summed E-state index contributed by atoms with van der Waals surface area (Å²) in [7, 11) is 0. The number of hydrogen-bond donors (Lipinski definition) is 4. The van der Waals surface area contributed by atoms with Gasteiger partial charge in [-0.05, 0) is 74.1 Å². The van der Waals surface area contributed by atoms with Gasteiger partial charge in [0, 0.05) is 16.1 Å². The number of carbonyl (C=O) groups is 2. The number of amides is 2. The summed E-state index contributed by atoms with van der Waals surface area (Å²) in [6, 6.07) is 21.8. The van der Waals surface area contributed by atoms with Gasteiger partial charge in [0.1, 0.15) is 18.5 Å². The van der Waals surface area contributed by atoms with E-state index in [1.807, 2.05) is 48.7 Å². The summed E-state index contributed by atoms with van der Waals surface area (Å²) in [5.74, 6) is 0.268. The van der Waals surface area contributed by atoms with Gasteiger partial charge in [-0.2, -0.15) is 0 Å². The molecule has 1 atom stereocenters. The highest BCUT2D eigenvalue weighted by Crippen LogP contribution is 2.32. The highest BCUT2D eigenvalue weighted by molar-refractivity contribution is 7.98. The lowest BCUT2D eigenvalue weighted by Gasteiger charge is -2.21. The average molecular weight is 536 g/mol. The molecule has 0 saturated heterocycles. The SMILES string of the molecule is CSc1ccc(NC(=O)O[C@H](CCC/C=C/C(=O)Nc2ccccc2N)c2ccccc2OCCO)cc1. The van der Waals surface area contributed by atoms with Crippen molar-refractivity contribution in [2.24, 2.45) is 0 Å². The van der Waals surface area contributed by atoms with E-state index < -0.39 is 12.2 Å². The Balaban J connectivity index is 1.62. The van der Waals surface area contributed by atoms with Crippen LogP contribution in [0.4, 0.5) is 21.9 Å². The molecular weight excluding hydrogens is 502 g/mol. The molecule has 38 heavy (non-hydrogen) atoms. The molecule has 0 unspecified atom stereocenters. The maximum absolute atomic E-state index is 12.8. The van der Waals surface area contributed by atoms with E-state index in [2.05, 4.69) is 10.6 Å².